The Morgan fingerprint density at radius 2 is 1.87 bits per heavy atom. The first-order valence-corrected chi connectivity index (χ1v) is 10.2. The molecule has 7 nitrogen and oxygen atoms in total. The Bertz CT molecular complexity index is 852. The SMILES string of the molecule is CCCC(=O)Nc1cccc(CN=C(NCC)NCc2ccc(OC)cc2OC)c1. The zero-order valence-corrected chi connectivity index (χ0v) is 18.2. The van der Waals surface area contributed by atoms with Crippen LogP contribution in [0.5, 0.6) is 11.5 Å². The van der Waals surface area contributed by atoms with E-state index in [4.69, 9.17) is 9.47 Å². The van der Waals surface area contributed by atoms with Gasteiger partial charge in [-0.05, 0) is 43.2 Å². The standard InChI is InChI=1S/C23H32N4O3/c1-5-8-22(28)27-19-10-7-9-17(13-19)15-25-23(24-6-2)26-16-18-11-12-20(29-3)14-21(18)30-4/h7,9-14H,5-6,8,15-16H2,1-4H3,(H,27,28)(H2,24,25,26). The van der Waals surface area contributed by atoms with Crippen LogP contribution in [-0.2, 0) is 17.9 Å². The first-order chi connectivity index (χ1) is 14.6. The highest BCUT2D eigenvalue weighted by atomic mass is 16.5. The van der Waals surface area contributed by atoms with Crippen LogP contribution < -0.4 is 25.4 Å². The molecular formula is C23H32N4O3. The van der Waals surface area contributed by atoms with Gasteiger partial charge in [-0.3, -0.25) is 4.79 Å². The predicted molar refractivity (Wildman–Crippen MR) is 121 cm³/mol. The van der Waals surface area contributed by atoms with Gasteiger partial charge in [0.2, 0.25) is 5.91 Å². The van der Waals surface area contributed by atoms with Crippen LogP contribution in [0.1, 0.15) is 37.8 Å². The van der Waals surface area contributed by atoms with Gasteiger partial charge in [0.05, 0.1) is 20.8 Å². The quantitative estimate of drug-likeness (QED) is 0.409. The van der Waals surface area contributed by atoms with Crippen molar-refractivity contribution >= 4 is 17.6 Å². The predicted octanol–water partition coefficient (Wildman–Crippen LogP) is 3.70. The number of amides is 1. The highest BCUT2D eigenvalue weighted by Gasteiger charge is 2.07. The molecule has 0 radical (unpaired) electrons. The number of guanidine groups is 1. The van der Waals surface area contributed by atoms with Gasteiger partial charge in [-0.25, -0.2) is 4.99 Å². The van der Waals surface area contributed by atoms with E-state index < -0.39 is 0 Å². The van der Waals surface area contributed by atoms with Gasteiger partial charge in [0.15, 0.2) is 5.96 Å². The van der Waals surface area contributed by atoms with Crippen molar-refractivity contribution in [3.8, 4) is 11.5 Å². The minimum atomic E-state index is 0.0293. The monoisotopic (exact) mass is 412 g/mol. The number of nitrogens with one attached hydrogen (secondary N) is 3. The molecule has 0 aliphatic carbocycles. The van der Waals surface area contributed by atoms with Gasteiger partial charge in [-0.1, -0.05) is 19.1 Å². The second-order valence-electron chi connectivity index (χ2n) is 6.73. The van der Waals surface area contributed by atoms with Crippen molar-refractivity contribution in [2.75, 3.05) is 26.1 Å². The summed E-state index contributed by atoms with van der Waals surface area (Å²) in [5.41, 5.74) is 2.81. The topological polar surface area (TPSA) is 84.0 Å². The van der Waals surface area contributed by atoms with Crippen LogP contribution in [0, 0.1) is 0 Å². The normalized spacial score (nSPS) is 11.0. The number of ether oxygens (including phenoxy) is 2. The Labute approximate surface area is 178 Å². The van der Waals surface area contributed by atoms with Gasteiger partial charge >= 0.3 is 0 Å². The fourth-order valence-electron chi connectivity index (χ4n) is 2.89. The fourth-order valence-corrected chi connectivity index (χ4v) is 2.89. The maximum absolute atomic E-state index is 11.8. The van der Waals surface area contributed by atoms with Crippen molar-refractivity contribution in [1.82, 2.24) is 10.6 Å². The van der Waals surface area contributed by atoms with Crippen LogP contribution in [0.25, 0.3) is 0 Å². The van der Waals surface area contributed by atoms with E-state index in [9.17, 15) is 4.79 Å². The summed E-state index contributed by atoms with van der Waals surface area (Å²) in [5.74, 6) is 2.24. The highest BCUT2D eigenvalue weighted by Crippen LogP contribution is 2.24. The van der Waals surface area contributed by atoms with Gasteiger partial charge in [0.25, 0.3) is 0 Å². The fraction of sp³-hybridized carbons (Fsp3) is 0.391. The summed E-state index contributed by atoms with van der Waals surface area (Å²) in [7, 11) is 3.27. The number of rotatable bonds is 10. The summed E-state index contributed by atoms with van der Waals surface area (Å²) in [6.45, 7) is 5.81. The van der Waals surface area contributed by atoms with Gasteiger partial charge in [-0.15, -0.1) is 0 Å². The lowest BCUT2D eigenvalue weighted by atomic mass is 10.2. The Kier molecular flexibility index (Phi) is 9.51. The number of hydrogen-bond donors (Lipinski definition) is 3. The van der Waals surface area contributed by atoms with Crippen molar-refractivity contribution < 1.29 is 14.3 Å². The Morgan fingerprint density at radius 3 is 2.57 bits per heavy atom. The summed E-state index contributed by atoms with van der Waals surface area (Å²) in [4.78, 5) is 16.5. The average molecular weight is 413 g/mol. The summed E-state index contributed by atoms with van der Waals surface area (Å²) < 4.78 is 10.7. The Balaban J connectivity index is 2.03. The number of nitrogens with zero attached hydrogens (tertiary/aromatic N) is 1. The molecule has 2 aromatic rings. The number of aliphatic imine (C=N–C) groups is 1. The molecule has 30 heavy (non-hydrogen) atoms. The first kappa shape index (κ1) is 23.1. The first-order valence-electron chi connectivity index (χ1n) is 10.2. The van der Waals surface area contributed by atoms with Gasteiger partial charge < -0.3 is 25.4 Å². The minimum absolute atomic E-state index is 0.0293. The zero-order chi connectivity index (χ0) is 21.8. The Morgan fingerprint density at radius 1 is 1.03 bits per heavy atom. The molecule has 0 aliphatic heterocycles. The van der Waals surface area contributed by atoms with Crippen molar-refractivity contribution in [2.45, 2.75) is 39.8 Å². The smallest absolute Gasteiger partial charge is 0.224 e. The number of hydrogen-bond acceptors (Lipinski definition) is 4. The van der Waals surface area contributed by atoms with Crippen LogP contribution in [0.15, 0.2) is 47.5 Å². The molecule has 0 aliphatic rings. The van der Waals surface area contributed by atoms with E-state index in [-0.39, 0.29) is 5.91 Å². The molecule has 2 aromatic carbocycles. The summed E-state index contributed by atoms with van der Waals surface area (Å²) >= 11 is 0. The summed E-state index contributed by atoms with van der Waals surface area (Å²) in [6.07, 6.45) is 1.35. The van der Waals surface area contributed by atoms with Crippen LogP contribution in [-0.4, -0.2) is 32.6 Å². The molecule has 1 amide bonds. The maximum atomic E-state index is 11.8. The van der Waals surface area contributed by atoms with Crippen molar-refractivity contribution in [3.05, 3.63) is 53.6 Å². The van der Waals surface area contributed by atoms with E-state index in [0.717, 1.165) is 41.3 Å². The number of carbonyl (C=O) groups excluding carboxylic acids is 1. The van der Waals surface area contributed by atoms with E-state index in [2.05, 4.69) is 20.9 Å². The molecule has 3 N–H and O–H groups in total. The average Bonchev–Trinajstić information content (AvgIpc) is 2.76. The largest absolute Gasteiger partial charge is 0.497 e. The van der Waals surface area contributed by atoms with Crippen LogP contribution >= 0.6 is 0 Å². The van der Waals surface area contributed by atoms with Gasteiger partial charge in [0.1, 0.15) is 11.5 Å². The summed E-state index contributed by atoms with van der Waals surface area (Å²) in [5, 5.41) is 9.50. The molecule has 0 atom stereocenters. The van der Waals surface area contributed by atoms with Crippen molar-refractivity contribution in [2.24, 2.45) is 4.99 Å². The summed E-state index contributed by atoms with van der Waals surface area (Å²) in [6, 6.07) is 13.5. The van der Waals surface area contributed by atoms with Crippen molar-refractivity contribution in [1.29, 1.82) is 0 Å². The molecule has 2 rings (SSSR count). The number of methoxy groups -OCH3 is 2. The molecule has 0 aromatic heterocycles. The zero-order valence-electron chi connectivity index (χ0n) is 18.2. The second-order valence-corrected chi connectivity index (χ2v) is 6.73. The third kappa shape index (κ3) is 7.31. The molecular weight excluding hydrogens is 380 g/mol. The third-order valence-corrected chi connectivity index (χ3v) is 4.39. The molecule has 0 saturated carbocycles. The lowest BCUT2D eigenvalue weighted by Gasteiger charge is -2.14. The molecule has 7 heteroatoms. The number of benzene rings is 2. The molecule has 0 bridgehead atoms. The molecule has 0 heterocycles. The molecule has 0 fully saturated rings. The molecule has 162 valence electrons. The van der Waals surface area contributed by atoms with Crippen LogP contribution in [0.2, 0.25) is 0 Å². The van der Waals surface area contributed by atoms with E-state index in [0.29, 0.717) is 25.5 Å². The van der Waals surface area contributed by atoms with Crippen LogP contribution in [0.3, 0.4) is 0 Å². The number of carbonyl (C=O) groups is 1. The maximum Gasteiger partial charge on any atom is 0.224 e. The van der Waals surface area contributed by atoms with Crippen molar-refractivity contribution in [3.63, 3.8) is 0 Å². The van der Waals surface area contributed by atoms with E-state index in [1.807, 2.05) is 56.3 Å². The van der Waals surface area contributed by atoms with E-state index >= 15 is 0 Å². The molecule has 0 spiro atoms. The molecule has 0 saturated heterocycles. The lowest BCUT2D eigenvalue weighted by Crippen LogP contribution is -2.36. The van der Waals surface area contributed by atoms with Gasteiger partial charge in [0, 0.05) is 36.8 Å². The van der Waals surface area contributed by atoms with E-state index in [1.54, 1.807) is 14.2 Å². The second kappa shape index (κ2) is 12.4. The van der Waals surface area contributed by atoms with Gasteiger partial charge in [-0.2, -0.15) is 0 Å². The number of anilines is 1. The van der Waals surface area contributed by atoms with Crippen LogP contribution in [0.4, 0.5) is 5.69 Å². The molecule has 0 unspecified atom stereocenters. The minimum Gasteiger partial charge on any atom is -0.497 e. The van der Waals surface area contributed by atoms with E-state index in [1.165, 1.54) is 0 Å². The lowest BCUT2D eigenvalue weighted by molar-refractivity contribution is -0.116. The Hall–Kier alpha value is -3.22. The highest BCUT2D eigenvalue weighted by molar-refractivity contribution is 5.90. The third-order valence-electron chi connectivity index (χ3n) is 4.39.